The number of alkyl halides is 3. The van der Waals surface area contributed by atoms with Gasteiger partial charge in [0.25, 0.3) is 0 Å². The predicted octanol–water partition coefficient (Wildman–Crippen LogP) is 2.85. The van der Waals surface area contributed by atoms with Crippen LogP contribution in [-0.4, -0.2) is 14.3 Å². The Hall–Kier alpha value is -1.41. The molecule has 0 aliphatic heterocycles. The maximum atomic E-state index is 12.7. The van der Waals surface area contributed by atoms with Crippen LogP contribution in [0.3, 0.4) is 0 Å². The molecule has 0 bridgehead atoms. The summed E-state index contributed by atoms with van der Waals surface area (Å²) in [7, 11) is 0. The van der Waals surface area contributed by atoms with Gasteiger partial charge in [-0.15, -0.1) is 0 Å². The van der Waals surface area contributed by atoms with Gasteiger partial charge in [0, 0.05) is 11.5 Å². The van der Waals surface area contributed by atoms with Gasteiger partial charge in [0.2, 0.25) is 0 Å². The van der Waals surface area contributed by atoms with E-state index in [2.05, 4.69) is 14.3 Å². The summed E-state index contributed by atoms with van der Waals surface area (Å²) in [5.74, 6) is -0.178. The molecule has 0 saturated heterocycles. The van der Waals surface area contributed by atoms with Crippen LogP contribution < -0.4 is 5.73 Å². The molecule has 0 unspecified atom stereocenters. The Morgan fingerprint density at radius 3 is 2.47 bits per heavy atom. The van der Waals surface area contributed by atoms with Crippen molar-refractivity contribution < 1.29 is 13.2 Å². The van der Waals surface area contributed by atoms with Crippen LogP contribution in [0.15, 0.2) is 12.1 Å². The van der Waals surface area contributed by atoms with E-state index in [-0.39, 0.29) is 16.1 Å². The molecule has 0 fully saturated rings. The van der Waals surface area contributed by atoms with E-state index in [9.17, 15) is 13.2 Å². The van der Waals surface area contributed by atoms with Gasteiger partial charge in [-0.05, 0) is 12.1 Å². The van der Waals surface area contributed by atoms with Crippen molar-refractivity contribution in [3.63, 3.8) is 0 Å². The molecule has 0 aliphatic carbocycles. The summed E-state index contributed by atoms with van der Waals surface area (Å²) in [6, 6.07) is 1.89. The third-order valence-electron chi connectivity index (χ3n) is 1.82. The minimum atomic E-state index is -4.55. The summed E-state index contributed by atoms with van der Waals surface area (Å²) in [5.41, 5.74) is 3.95. The van der Waals surface area contributed by atoms with Crippen LogP contribution in [-0.2, 0) is 6.18 Å². The first-order valence-electron chi connectivity index (χ1n) is 4.21. The number of halogens is 4. The lowest BCUT2D eigenvalue weighted by Crippen LogP contribution is -2.09. The number of nitrogens with two attached hydrogens (primary N) is 1. The molecule has 0 spiro atoms. The number of hydrogen-bond acceptors (Lipinski definition) is 5. The number of nitrogen functional groups attached to an aromatic ring is 1. The van der Waals surface area contributed by atoms with Crippen LogP contribution in [0.4, 0.5) is 18.3 Å². The molecule has 0 aromatic carbocycles. The highest BCUT2D eigenvalue weighted by molar-refractivity contribution is 7.09. The van der Waals surface area contributed by atoms with Gasteiger partial charge in [0.05, 0.1) is 5.56 Å². The van der Waals surface area contributed by atoms with Crippen molar-refractivity contribution in [1.82, 2.24) is 14.3 Å². The third-order valence-corrected chi connectivity index (χ3v) is 2.57. The fraction of sp³-hybridized carbons (Fsp3) is 0.125. The smallest absolute Gasteiger partial charge is 0.374 e. The Morgan fingerprint density at radius 2 is 1.94 bits per heavy atom. The molecule has 4 nitrogen and oxygen atoms in total. The van der Waals surface area contributed by atoms with E-state index in [1.807, 2.05) is 0 Å². The van der Waals surface area contributed by atoms with Crippen molar-refractivity contribution in [2.45, 2.75) is 6.18 Å². The Balaban J connectivity index is 2.63. The van der Waals surface area contributed by atoms with Crippen molar-refractivity contribution >= 4 is 28.3 Å². The van der Waals surface area contributed by atoms with Gasteiger partial charge in [-0.25, -0.2) is 4.98 Å². The number of anilines is 1. The maximum Gasteiger partial charge on any atom is 0.418 e. The SMILES string of the molecule is Nc1nc(-c2nc(Cl)ccc2C(F)(F)F)ns1. The zero-order valence-electron chi connectivity index (χ0n) is 7.99. The zero-order valence-corrected chi connectivity index (χ0v) is 9.57. The standard InChI is InChI=1S/C8H4ClF3N4S/c9-4-2-1-3(8(10,11)12)5(14-4)6-15-7(13)17-16-6/h1-2H,(H2,13,15,16). The Labute approximate surface area is 102 Å². The van der Waals surface area contributed by atoms with Gasteiger partial charge in [0.15, 0.2) is 11.0 Å². The highest BCUT2D eigenvalue weighted by atomic mass is 35.5. The molecule has 2 aromatic heterocycles. The van der Waals surface area contributed by atoms with Gasteiger partial charge in [-0.2, -0.15) is 22.5 Å². The van der Waals surface area contributed by atoms with Crippen LogP contribution in [0.2, 0.25) is 5.15 Å². The molecule has 0 saturated carbocycles. The Bertz CT molecular complexity index is 554. The minimum absolute atomic E-state index is 0.0647. The maximum absolute atomic E-state index is 12.7. The molecule has 9 heteroatoms. The topological polar surface area (TPSA) is 64.7 Å². The monoisotopic (exact) mass is 280 g/mol. The first-order valence-corrected chi connectivity index (χ1v) is 5.36. The van der Waals surface area contributed by atoms with Crippen LogP contribution in [0.5, 0.6) is 0 Å². The van der Waals surface area contributed by atoms with Crippen molar-refractivity contribution in [2.75, 3.05) is 5.73 Å². The minimum Gasteiger partial charge on any atom is -0.374 e. The van der Waals surface area contributed by atoms with E-state index < -0.39 is 17.4 Å². The fourth-order valence-corrected chi connectivity index (χ4v) is 1.75. The normalized spacial score (nSPS) is 11.8. The Kier molecular flexibility index (Phi) is 2.92. The molecule has 2 heterocycles. The van der Waals surface area contributed by atoms with E-state index in [1.165, 1.54) is 0 Å². The summed E-state index contributed by atoms with van der Waals surface area (Å²) >= 11 is 6.35. The molecule has 2 N–H and O–H groups in total. The van der Waals surface area contributed by atoms with Crippen molar-refractivity contribution in [3.8, 4) is 11.5 Å². The van der Waals surface area contributed by atoms with Crippen molar-refractivity contribution in [1.29, 1.82) is 0 Å². The van der Waals surface area contributed by atoms with E-state index >= 15 is 0 Å². The molecule has 17 heavy (non-hydrogen) atoms. The van der Waals surface area contributed by atoms with Crippen molar-refractivity contribution in [2.24, 2.45) is 0 Å². The number of aromatic nitrogens is 3. The highest BCUT2D eigenvalue weighted by Crippen LogP contribution is 2.36. The Morgan fingerprint density at radius 1 is 1.24 bits per heavy atom. The summed E-state index contributed by atoms with van der Waals surface area (Å²) in [4.78, 5) is 7.25. The average Bonchev–Trinajstić information content (AvgIpc) is 2.62. The van der Waals surface area contributed by atoms with Crippen LogP contribution in [0.1, 0.15) is 5.56 Å². The van der Waals surface area contributed by atoms with Crippen LogP contribution >= 0.6 is 23.1 Å². The van der Waals surface area contributed by atoms with Crippen LogP contribution in [0, 0.1) is 0 Å². The van der Waals surface area contributed by atoms with E-state index in [0.717, 1.165) is 23.7 Å². The zero-order chi connectivity index (χ0) is 12.6. The van der Waals surface area contributed by atoms with Gasteiger partial charge < -0.3 is 5.73 Å². The van der Waals surface area contributed by atoms with Gasteiger partial charge >= 0.3 is 6.18 Å². The second-order valence-electron chi connectivity index (χ2n) is 2.98. The molecular weight excluding hydrogens is 277 g/mol. The largest absolute Gasteiger partial charge is 0.418 e. The van der Waals surface area contributed by atoms with Crippen LogP contribution in [0.25, 0.3) is 11.5 Å². The van der Waals surface area contributed by atoms with E-state index in [0.29, 0.717) is 0 Å². The lowest BCUT2D eigenvalue weighted by molar-refractivity contribution is -0.137. The lowest BCUT2D eigenvalue weighted by atomic mass is 10.2. The summed E-state index contributed by atoms with van der Waals surface area (Å²) in [6.45, 7) is 0. The highest BCUT2D eigenvalue weighted by Gasteiger charge is 2.35. The summed E-state index contributed by atoms with van der Waals surface area (Å²) in [5, 5.41) is -0.00345. The molecule has 0 amide bonds. The molecule has 90 valence electrons. The summed E-state index contributed by atoms with van der Waals surface area (Å²) in [6.07, 6.45) is -4.55. The predicted molar refractivity (Wildman–Crippen MR) is 57.6 cm³/mol. The molecule has 0 aliphatic rings. The number of hydrogen-bond donors (Lipinski definition) is 1. The first kappa shape index (κ1) is 12.1. The van der Waals surface area contributed by atoms with Gasteiger partial charge in [-0.1, -0.05) is 11.6 Å². The number of rotatable bonds is 1. The number of nitrogens with zero attached hydrogens (tertiary/aromatic N) is 3. The molecule has 2 aromatic rings. The second kappa shape index (κ2) is 4.11. The average molecular weight is 281 g/mol. The fourth-order valence-electron chi connectivity index (χ4n) is 1.17. The lowest BCUT2D eigenvalue weighted by Gasteiger charge is -2.09. The first-order chi connectivity index (χ1) is 7.88. The molecular formula is C8H4ClF3N4S. The van der Waals surface area contributed by atoms with E-state index in [4.69, 9.17) is 17.3 Å². The molecule has 0 atom stereocenters. The third kappa shape index (κ3) is 2.47. The van der Waals surface area contributed by atoms with E-state index in [1.54, 1.807) is 0 Å². The number of pyridine rings is 1. The quantitative estimate of drug-likeness (QED) is 0.816. The molecule has 0 radical (unpaired) electrons. The second-order valence-corrected chi connectivity index (χ2v) is 4.15. The summed E-state index contributed by atoms with van der Waals surface area (Å²) < 4.78 is 41.8. The molecule has 2 rings (SSSR count). The van der Waals surface area contributed by atoms with Crippen molar-refractivity contribution in [3.05, 3.63) is 22.8 Å². The van der Waals surface area contributed by atoms with Gasteiger partial charge in [0.1, 0.15) is 10.8 Å². The van der Waals surface area contributed by atoms with Gasteiger partial charge in [-0.3, -0.25) is 0 Å².